The quantitative estimate of drug-likeness (QED) is 0.672. The largest absolute Gasteiger partial charge is 0.395 e. The Labute approximate surface area is 151 Å². The lowest BCUT2D eigenvalue weighted by molar-refractivity contribution is 0.245. The predicted molar refractivity (Wildman–Crippen MR) is 98.2 cm³/mol. The second kappa shape index (κ2) is 6.27. The Hall–Kier alpha value is -1.63. The highest BCUT2D eigenvalue weighted by Crippen LogP contribution is 2.43. The lowest BCUT2D eigenvalue weighted by Gasteiger charge is -2.20. The maximum Gasteiger partial charge on any atom is 0.163 e. The molecule has 1 saturated heterocycles. The van der Waals surface area contributed by atoms with Gasteiger partial charge in [0.05, 0.1) is 12.3 Å². The number of aliphatic hydroxyl groups excluding tert-OH is 1. The van der Waals surface area contributed by atoms with E-state index in [1.165, 1.54) is 23.3 Å². The Morgan fingerprint density at radius 1 is 1.16 bits per heavy atom. The smallest absolute Gasteiger partial charge is 0.163 e. The van der Waals surface area contributed by atoms with Gasteiger partial charge in [-0.05, 0) is 55.2 Å². The van der Waals surface area contributed by atoms with Gasteiger partial charge in [0.2, 0.25) is 0 Å². The number of fused-ring (bicyclic) bond motifs is 3. The van der Waals surface area contributed by atoms with Crippen molar-refractivity contribution in [2.45, 2.75) is 47.7 Å². The van der Waals surface area contributed by atoms with E-state index in [1.54, 1.807) is 24.2 Å². The topological polar surface area (TPSA) is 70.1 Å². The van der Waals surface area contributed by atoms with Crippen LogP contribution in [0.5, 0.6) is 0 Å². The number of aliphatic hydroxyl groups is 1. The van der Waals surface area contributed by atoms with Gasteiger partial charge in [-0.3, -0.25) is 0 Å². The van der Waals surface area contributed by atoms with Crippen molar-refractivity contribution in [1.82, 2.24) is 15.3 Å². The fraction of sp³-hybridized carbons (Fsp3) is 0.474. The van der Waals surface area contributed by atoms with E-state index >= 15 is 0 Å². The molecule has 1 aromatic carbocycles. The molecule has 2 fully saturated rings. The van der Waals surface area contributed by atoms with Crippen LogP contribution in [0.4, 0.5) is 11.5 Å². The van der Waals surface area contributed by atoms with Crippen LogP contribution in [-0.2, 0) is 6.42 Å². The molecule has 1 aliphatic carbocycles. The fourth-order valence-corrected chi connectivity index (χ4v) is 5.55. The Bertz CT molecular complexity index is 785. The molecule has 1 saturated carbocycles. The highest BCUT2D eigenvalue weighted by Gasteiger charge is 2.40. The molecule has 2 aliphatic heterocycles. The van der Waals surface area contributed by atoms with Gasteiger partial charge in [-0.25, -0.2) is 9.97 Å². The molecule has 0 spiro atoms. The van der Waals surface area contributed by atoms with Crippen molar-refractivity contribution in [1.29, 1.82) is 0 Å². The van der Waals surface area contributed by atoms with Crippen LogP contribution in [0.1, 0.15) is 24.8 Å². The molecule has 5 nitrogen and oxygen atoms in total. The predicted octanol–water partition coefficient (Wildman–Crippen LogP) is 2.98. The molecule has 0 amide bonds. The molecule has 0 bridgehead atoms. The van der Waals surface area contributed by atoms with Crippen LogP contribution in [0.2, 0.25) is 0 Å². The second-order valence-electron chi connectivity index (χ2n) is 7.46. The number of nitrogens with zero attached hydrogens (tertiary/aromatic N) is 2. The van der Waals surface area contributed by atoms with Gasteiger partial charge in [-0.1, -0.05) is 17.8 Å². The summed E-state index contributed by atoms with van der Waals surface area (Å²) in [7, 11) is 0. The standard InChI is InChI=1S/C19H22N4OS/c24-10-14-9-13-6-12(8-15(13)22-14)5-11-1-2-17-16(7-11)23-18-19(25-17)21-4-3-20-18/h1-4,7,12-15,22,24H,5-6,8-10H2,(H,20,23). The molecule has 3 aliphatic rings. The van der Waals surface area contributed by atoms with Crippen LogP contribution in [0, 0.1) is 11.8 Å². The van der Waals surface area contributed by atoms with E-state index in [0.29, 0.717) is 12.1 Å². The van der Waals surface area contributed by atoms with E-state index in [1.807, 2.05) is 0 Å². The van der Waals surface area contributed by atoms with E-state index in [-0.39, 0.29) is 6.61 Å². The Balaban J connectivity index is 1.28. The zero-order valence-corrected chi connectivity index (χ0v) is 14.8. The lowest BCUT2D eigenvalue weighted by Crippen LogP contribution is -2.32. The van der Waals surface area contributed by atoms with Crippen molar-refractivity contribution in [3.8, 4) is 0 Å². The van der Waals surface area contributed by atoms with Crippen molar-refractivity contribution in [2.75, 3.05) is 11.9 Å². The zero-order chi connectivity index (χ0) is 16.8. The van der Waals surface area contributed by atoms with Crippen molar-refractivity contribution < 1.29 is 5.11 Å². The van der Waals surface area contributed by atoms with Crippen molar-refractivity contribution in [3.05, 3.63) is 36.2 Å². The number of aromatic nitrogens is 2. The van der Waals surface area contributed by atoms with Gasteiger partial charge in [0.1, 0.15) is 5.03 Å². The first-order valence-electron chi connectivity index (χ1n) is 9.04. The summed E-state index contributed by atoms with van der Waals surface area (Å²) < 4.78 is 0. The summed E-state index contributed by atoms with van der Waals surface area (Å²) in [5, 5.41) is 17.3. The summed E-state index contributed by atoms with van der Waals surface area (Å²) in [5.74, 6) is 2.34. The molecular weight excluding hydrogens is 332 g/mol. The Kier molecular flexibility index (Phi) is 3.91. The normalized spacial score (nSPS) is 29.6. The molecule has 6 heteroatoms. The summed E-state index contributed by atoms with van der Waals surface area (Å²) in [4.78, 5) is 9.98. The third kappa shape index (κ3) is 2.92. The Morgan fingerprint density at radius 3 is 2.96 bits per heavy atom. The van der Waals surface area contributed by atoms with E-state index in [4.69, 9.17) is 0 Å². The Morgan fingerprint density at radius 2 is 2.08 bits per heavy atom. The summed E-state index contributed by atoms with van der Waals surface area (Å²) in [5.41, 5.74) is 2.54. The van der Waals surface area contributed by atoms with Crippen molar-refractivity contribution >= 4 is 23.3 Å². The highest BCUT2D eigenvalue weighted by molar-refractivity contribution is 7.99. The van der Waals surface area contributed by atoms with E-state index in [2.05, 4.69) is 38.8 Å². The number of hydrogen-bond donors (Lipinski definition) is 3. The third-order valence-corrected chi connectivity index (χ3v) is 6.81. The molecule has 3 N–H and O–H groups in total. The molecule has 3 heterocycles. The monoisotopic (exact) mass is 354 g/mol. The van der Waals surface area contributed by atoms with Gasteiger partial charge in [-0.2, -0.15) is 0 Å². The third-order valence-electron chi connectivity index (χ3n) is 5.74. The van der Waals surface area contributed by atoms with Crippen LogP contribution in [0.3, 0.4) is 0 Å². The van der Waals surface area contributed by atoms with Gasteiger partial charge >= 0.3 is 0 Å². The first-order chi connectivity index (χ1) is 12.3. The summed E-state index contributed by atoms with van der Waals surface area (Å²) in [6.45, 7) is 0.274. The molecule has 130 valence electrons. The van der Waals surface area contributed by atoms with Crippen LogP contribution in [-0.4, -0.2) is 33.8 Å². The summed E-state index contributed by atoms with van der Waals surface area (Å²) in [6.07, 6.45) is 8.24. The minimum atomic E-state index is 0.274. The van der Waals surface area contributed by atoms with Gasteiger partial charge in [0.15, 0.2) is 5.82 Å². The number of benzene rings is 1. The summed E-state index contributed by atoms with van der Waals surface area (Å²) >= 11 is 1.68. The first kappa shape index (κ1) is 15.6. The number of hydrogen-bond acceptors (Lipinski definition) is 6. The van der Waals surface area contributed by atoms with Crippen molar-refractivity contribution in [2.24, 2.45) is 11.8 Å². The maximum atomic E-state index is 9.32. The van der Waals surface area contributed by atoms with Crippen LogP contribution in [0.25, 0.3) is 0 Å². The minimum Gasteiger partial charge on any atom is -0.395 e. The molecule has 4 atom stereocenters. The minimum absolute atomic E-state index is 0.274. The molecule has 2 aromatic rings. The molecule has 1 aromatic heterocycles. The number of anilines is 2. The first-order valence-corrected chi connectivity index (χ1v) is 9.86. The zero-order valence-electron chi connectivity index (χ0n) is 14.0. The van der Waals surface area contributed by atoms with Gasteiger partial charge in [0.25, 0.3) is 0 Å². The van der Waals surface area contributed by atoms with Crippen LogP contribution in [0.15, 0.2) is 40.5 Å². The van der Waals surface area contributed by atoms with E-state index in [0.717, 1.165) is 41.2 Å². The van der Waals surface area contributed by atoms with E-state index in [9.17, 15) is 5.11 Å². The van der Waals surface area contributed by atoms with Gasteiger partial charge < -0.3 is 15.7 Å². The number of rotatable bonds is 3. The average molecular weight is 354 g/mol. The fourth-order valence-electron chi connectivity index (χ4n) is 4.68. The van der Waals surface area contributed by atoms with Crippen LogP contribution < -0.4 is 10.6 Å². The lowest BCUT2D eigenvalue weighted by atomic mass is 9.94. The van der Waals surface area contributed by atoms with E-state index < -0.39 is 0 Å². The molecular formula is C19H22N4OS. The molecule has 5 rings (SSSR count). The summed E-state index contributed by atoms with van der Waals surface area (Å²) in [6, 6.07) is 7.67. The SMILES string of the molecule is OCC1CC2CC(Cc3ccc4c(c3)Nc3nccnc3S4)CC2N1. The van der Waals surface area contributed by atoms with Gasteiger partial charge in [0, 0.05) is 29.4 Å². The molecule has 0 radical (unpaired) electrons. The maximum absolute atomic E-state index is 9.32. The molecule has 25 heavy (non-hydrogen) atoms. The highest BCUT2D eigenvalue weighted by atomic mass is 32.2. The van der Waals surface area contributed by atoms with Crippen LogP contribution >= 0.6 is 11.8 Å². The van der Waals surface area contributed by atoms with Gasteiger partial charge in [-0.15, -0.1) is 0 Å². The second-order valence-corrected chi connectivity index (χ2v) is 8.49. The van der Waals surface area contributed by atoms with Crippen molar-refractivity contribution in [3.63, 3.8) is 0 Å². The number of nitrogens with one attached hydrogen (secondary N) is 2. The average Bonchev–Trinajstić information content (AvgIpc) is 3.18. The molecule has 4 unspecified atom stereocenters.